The molecule has 0 atom stereocenters. The van der Waals surface area contributed by atoms with Crippen molar-refractivity contribution in [3.05, 3.63) is 48.3 Å². The maximum Gasteiger partial charge on any atom is 0.356 e. The van der Waals surface area contributed by atoms with E-state index in [4.69, 9.17) is 0 Å². The summed E-state index contributed by atoms with van der Waals surface area (Å²) in [6.45, 7) is 4.13. The third-order valence-corrected chi connectivity index (χ3v) is 5.44. The van der Waals surface area contributed by atoms with Crippen LogP contribution in [-0.4, -0.2) is 32.2 Å². The molecule has 0 saturated heterocycles. The number of carbonyl (C=O) groups excluding carboxylic acids is 1. The minimum Gasteiger partial charge on any atom is -0.354 e. The fraction of sp³-hybridized carbons (Fsp3) is 0.333. The van der Waals surface area contributed by atoms with Gasteiger partial charge in [0.1, 0.15) is 0 Å². The van der Waals surface area contributed by atoms with Crippen LogP contribution in [0.3, 0.4) is 0 Å². The number of amides is 1. The van der Waals surface area contributed by atoms with Gasteiger partial charge in [-0.05, 0) is 37.1 Å². The highest BCUT2D eigenvalue weighted by Crippen LogP contribution is 2.30. The Morgan fingerprint density at radius 2 is 2.04 bits per heavy atom. The first-order chi connectivity index (χ1) is 12.4. The number of nitrogens with one attached hydrogen (secondary N) is 2. The number of benzene rings is 1. The molecule has 2 rings (SSSR count). The molecule has 0 spiro atoms. The molecule has 2 aromatic rings. The first-order valence-corrected chi connectivity index (χ1v) is 9.86. The summed E-state index contributed by atoms with van der Waals surface area (Å²) in [4.78, 5) is 16.0. The average molecular weight is 376 g/mol. The van der Waals surface area contributed by atoms with Crippen molar-refractivity contribution in [2.45, 2.75) is 26.7 Å². The maximum atomic E-state index is 12.7. The van der Waals surface area contributed by atoms with E-state index >= 15 is 0 Å². The predicted octanol–water partition coefficient (Wildman–Crippen LogP) is 3.41. The highest BCUT2D eigenvalue weighted by atomic mass is 32.2. The van der Waals surface area contributed by atoms with Crippen molar-refractivity contribution in [2.24, 2.45) is 0 Å². The van der Waals surface area contributed by atoms with Crippen LogP contribution in [-0.2, 0) is 10.0 Å². The molecule has 0 bridgehead atoms. The molecule has 1 aromatic carbocycles. The van der Waals surface area contributed by atoms with Crippen molar-refractivity contribution < 1.29 is 13.2 Å². The summed E-state index contributed by atoms with van der Waals surface area (Å²) in [5, 5.41) is 4.38. The molecule has 8 heteroatoms. The number of rotatable bonds is 7. The van der Waals surface area contributed by atoms with Gasteiger partial charge in [0.05, 0.1) is 17.6 Å². The molecule has 2 N–H and O–H groups in total. The molecule has 0 aliphatic heterocycles. The van der Waals surface area contributed by atoms with Gasteiger partial charge in [-0.25, -0.2) is 0 Å². The van der Waals surface area contributed by atoms with Crippen LogP contribution in [0, 0.1) is 6.92 Å². The second-order valence-electron chi connectivity index (χ2n) is 5.86. The Labute approximate surface area is 154 Å². The molecule has 26 heavy (non-hydrogen) atoms. The number of hydrogen-bond donors (Lipinski definition) is 2. The molecular weight excluding hydrogens is 352 g/mol. The smallest absolute Gasteiger partial charge is 0.354 e. The Morgan fingerprint density at radius 1 is 1.27 bits per heavy atom. The van der Waals surface area contributed by atoms with Crippen LogP contribution in [0.2, 0.25) is 0 Å². The third kappa shape index (κ3) is 4.51. The van der Waals surface area contributed by atoms with E-state index < -0.39 is 15.3 Å². The van der Waals surface area contributed by atoms with E-state index in [0.29, 0.717) is 17.8 Å². The molecule has 0 unspecified atom stereocenters. The van der Waals surface area contributed by atoms with Crippen LogP contribution in [0.4, 0.5) is 21.9 Å². The summed E-state index contributed by atoms with van der Waals surface area (Å²) in [6, 6.07) is 9.42. The van der Waals surface area contributed by atoms with Gasteiger partial charge in [-0.3, -0.25) is 14.1 Å². The summed E-state index contributed by atoms with van der Waals surface area (Å²) >= 11 is 0. The lowest BCUT2D eigenvalue weighted by Crippen LogP contribution is -2.41. The number of hydrogen-bond acceptors (Lipinski definition) is 5. The minimum absolute atomic E-state index is 0.195. The molecule has 0 radical (unpaired) electrons. The summed E-state index contributed by atoms with van der Waals surface area (Å²) in [5.41, 5.74) is 2.80. The zero-order valence-corrected chi connectivity index (χ0v) is 16.0. The van der Waals surface area contributed by atoms with Crippen LogP contribution < -0.4 is 14.9 Å². The quantitative estimate of drug-likeness (QED) is 0.773. The molecule has 0 aliphatic carbocycles. The fourth-order valence-electron chi connectivity index (χ4n) is 2.47. The molecule has 1 aromatic heterocycles. The summed E-state index contributed by atoms with van der Waals surface area (Å²) < 4.78 is 26.5. The van der Waals surface area contributed by atoms with Gasteiger partial charge in [-0.15, -0.1) is 0 Å². The number of pyridine rings is 1. The lowest BCUT2D eigenvalue weighted by Gasteiger charge is -2.25. The van der Waals surface area contributed by atoms with E-state index in [1.807, 2.05) is 38.1 Å². The summed E-state index contributed by atoms with van der Waals surface area (Å²) in [6.07, 6.45) is 4.44. The normalized spacial score (nSPS) is 11.0. The number of unbranched alkanes of at least 4 members (excludes halogenated alkanes) is 1. The highest BCUT2D eigenvalue weighted by Gasteiger charge is 2.31. The Bertz CT molecular complexity index is 868. The van der Waals surface area contributed by atoms with E-state index in [0.717, 1.165) is 22.0 Å². The van der Waals surface area contributed by atoms with Crippen molar-refractivity contribution in [3.8, 4) is 0 Å². The van der Waals surface area contributed by atoms with Crippen LogP contribution in [0.25, 0.3) is 0 Å². The fourth-order valence-corrected chi connectivity index (χ4v) is 3.70. The van der Waals surface area contributed by atoms with Gasteiger partial charge in [0, 0.05) is 25.5 Å². The van der Waals surface area contributed by atoms with Crippen molar-refractivity contribution in [3.63, 3.8) is 0 Å². The largest absolute Gasteiger partial charge is 0.356 e. The second-order valence-corrected chi connectivity index (χ2v) is 7.62. The minimum atomic E-state index is -4.20. The Hall–Kier alpha value is -2.61. The zero-order valence-electron chi connectivity index (χ0n) is 15.2. The first kappa shape index (κ1) is 19.7. The maximum absolute atomic E-state index is 12.7. The topological polar surface area (TPSA) is 91.4 Å². The predicted molar refractivity (Wildman–Crippen MR) is 104 cm³/mol. The molecule has 1 heterocycles. The number of aromatic nitrogens is 1. The van der Waals surface area contributed by atoms with Crippen molar-refractivity contribution >= 4 is 32.3 Å². The van der Waals surface area contributed by atoms with Gasteiger partial charge in [-0.2, -0.15) is 8.42 Å². The molecule has 140 valence electrons. The average Bonchev–Trinajstić information content (AvgIpc) is 2.62. The van der Waals surface area contributed by atoms with Crippen molar-refractivity contribution in [2.75, 3.05) is 23.2 Å². The van der Waals surface area contributed by atoms with Gasteiger partial charge in [0.25, 0.3) is 0 Å². The molecule has 0 fully saturated rings. The van der Waals surface area contributed by atoms with E-state index in [-0.39, 0.29) is 6.54 Å². The first-order valence-electron chi connectivity index (χ1n) is 8.42. The van der Waals surface area contributed by atoms with Gasteiger partial charge < -0.3 is 10.6 Å². The van der Waals surface area contributed by atoms with E-state index in [2.05, 4.69) is 15.6 Å². The number of anilines is 3. The Balaban J connectivity index is 2.47. The van der Waals surface area contributed by atoms with Gasteiger partial charge in [-0.1, -0.05) is 25.5 Å². The van der Waals surface area contributed by atoms with Crippen molar-refractivity contribution in [1.29, 1.82) is 0 Å². The lowest BCUT2D eigenvalue weighted by atomic mass is 10.2. The number of sulfonamides is 1. The Kier molecular flexibility index (Phi) is 6.57. The van der Waals surface area contributed by atoms with Crippen LogP contribution in [0.1, 0.15) is 25.3 Å². The number of aryl methyl sites for hydroxylation is 1. The number of carbonyl (C=O) groups is 1. The third-order valence-electron chi connectivity index (χ3n) is 3.81. The summed E-state index contributed by atoms with van der Waals surface area (Å²) in [7, 11) is -2.90. The van der Waals surface area contributed by atoms with Crippen LogP contribution >= 0.6 is 0 Å². The lowest BCUT2D eigenvalue weighted by molar-refractivity contribution is 0.260. The number of nitrogens with zero attached hydrogens (tertiary/aromatic N) is 2. The van der Waals surface area contributed by atoms with Gasteiger partial charge in [0.15, 0.2) is 0 Å². The van der Waals surface area contributed by atoms with Gasteiger partial charge in [0.2, 0.25) is 0 Å². The molecule has 1 amide bonds. The van der Waals surface area contributed by atoms with Crippen LogP contribution in [0.15, 0.2) is 42.7 Å². The molecular formula is C18H24N4O3S. The molecule has 0 saturated carbocycles. The van der Waals surface area contributed by atoms with E-state index in [9.17, 15) is 13.2 Å². The highest BCUT2D eigenvalue weighted by molar-refractivity contribution is 8.07. The summed E-state index contributed by atoms with van der Waals surface area (Å²) in [5.74, 6) is 0. The molecule has 7 nitrogen and oxygen atoms in total. The Morgan fingerprint density at radius 3 is 2.69 bits per heavy atom. The van der Waals surface area contributed by atoms with E-state index in [1.54, 1.807) is 12.3 Å². The van der Waals surface area contributed by atoms with Gasteiger partial charge >= 0.3 is 15.3 Å². The zero-order chi connectivity index (χ0) is 19.2. The molecule has 0 aliphatic rings. The van der Waals surface area contributed by atoms with Crippen LogP contribution in [0.5, 0.6) is 0 Å². The monoisotopic (exact) mass is 376 g/mol. The standard InChI is InChI=1S/C18H24N4O3S/c1-4-5-11-22(26(24,25)18(23)19-3)17-13-20-10-9-16(17)21-15-8-6-7-14(2)12-15/h6-10,12-13H,4-5,11H2,1-3H3,(H,19,23)(H,20,21). The van der Waals surface area contributed by atoms with E-state index in [1.165, 1.54) is 13.2 Å². The SMILES string of the molecule is CCCCN(c1cnccc1Nc1cccc(C)c1)S(=O)(=O)C(=O)NC. The second kappa shape index (κ2) is 8.66. The van der Waals surface area contributed by atoms with Crippen molar-refractivity contribution in [1.82, 2.24) is 10.3 Å².